The van der Waals surface area contributed by atoms with E-state index in [1.807, 2.05) is 0 Å². The molecule has 0 fully saturated rings. The smallest absolute Gasteiger partial charge is 0.225 e. The van der Waals surface area contributed by atoms with Crippen molar-refractivity contribution < 1.29 is 9.59 Å². The SMILES string of the molecule is [CH2]C(=O)Nc1ccc(NNC=O)cc1. The Hall–Kier alpha value is -2.04. The minimum atomic E-state index is -0.364. The maximum Gasteiger partial charge on any atom is 0.225 e. The topological polar surface area (TPSA) is 70.2 Å². The van der Waals surface area contributed by atoms with Gasteiger partial charge in [0.05, 0.1) is 5.69 Å². The highest BCUT2D eigenvalue weighted by Crippen LogP contribution is 2.12. The van der Waals surface area contributed by atoms with Crippen LogP contribution in [0.15, 0.2) is 24.3 Å². The summed E-state index contributed by atoms with van der Waals surface area (Å²) < 4.78 is 0. The number of rotatable bonds is 4. The summed E-state index contributed by atoms with van der Waals surface area (Å²) in [6.45, 7) is 3.18. The predicted octanol–water partition coefficient (Wildman–Crippen LogP) is 0.532. The number of amides is 2. The number of carbonyl (C=O) groups excluding carboxylic acids is 2. The highest BCUT2D eigenvalue weighted by Gasteiger charge is 1.95. The fourth-order valence-corrected chi connectivity index (χ4v) is 0.911. The molecule has 5 heteroatoms. The molecule has 0 bridgehead atoms. The van der Waals surface area contributed by atoms with Gasteiger partial charge in [-0.2, -0.15) is 0 Å². The van der Waals surface area contributed by atoms with E-state index in [4.69, 9.17) is 0 Å². The normalized spacial score (nSPS) is 8.93. The van der Waals surface area contributed by atoms with Crippen molar-refractivity contribution in [1.29, 1.82) is 0 Å². The molecule has 2 amide bonds. The Morgan fingerprint density at radius 3 is 2.29 bits per heavy atom. The van der Waals surface area contributed by atoms with Crippen LogP contribution in [0.4, 0.5) is 11.4 Å². The summed E-state index contributed by atoms with van der Waals surface area (Å²) in [6, 6.07) is 6.80. The molecular weight excluding hydrogens is 182 g/mol. The van der Waals surface area contributed by atoms with Crippen LogP contribution in [0.5, 0.6) is 0 Å². The van der Waals surface area contributed by atoms with Crippen LogP contribution in [0, 0.1) is 6.92 Å². The number of hydrazine groups is 1. The van der Waals surface area contributed by atoms with Gasteiger partial charge in [0.1, 0.15) is 0 Å². The van der Waals surface area contributed by atoms with Gasteiger partial charge in [-0.1, -0.05) is 0 Å². The Morgan fingerprint density at radius 2 is 1.79 bits per heavy atom. The molecule has 1 rings (SSSR count). The van der Waals surface area contributed by atoms with Gasteiger partial charge in [0.15, 0.2) is 0 Å². The number of anilines is 2. The van der Waals surface area contributed by atoms with E-state index in [0.717, 1.165) is 5.69 Å². The average molecular weight is 192 g/mol. The van der Waals surface area contributed by atoms with Gasteiger partial charge in [-0.3, -0.25) is 20.4 Å². The first-order valence-corrected chi connectivity index (χ1v) is 3.90. The molecular formula is C9H10N3O2. The van der Waals surface area contributed by atoms with Crippen molar-refractivity contribution in [1.82, 2.24) is 5.43 Å². The van der Waals surface area contributed by atoms with Crippen LogP contribution < -0.4 is 16.2 Å². The van der Waals surface area contributed by atoms with Crippen molar-refractivity contribution in [2.24, 2.45) is 0 Å². The van der Waals surface area contributed by atoms with E-state index in [2.05, 4.69) is 23.1 Å². The third-order valence-electron chi connectivity index (χ3n) is 1.44. The standard InChI is InChI=1S/C9H10N3O2/c1-7(14)11-8-2-4-9(5-3-8)12-10-6-13/h2-6,12H,1H2,(H,10,13)(H,11,14). The Bertz CT molecular complexity index is 321. The first-order chi connectivity index (χ1) is 6.72. The molecule has 0 heterocycles. The van der Waals surface area contributed by atoms with Gasteiger partial charge in [-0.15, -0.1) is 0 Å². The van der Waals surface area contributed by atoms with E-state index < -0.39 is 0 Å². The third-order valence-corrected chi connectivity index (χ3v) is 1.44. The molecule has 1 radical (unpaired) electrons. The third kappa shape index (κ3) is 3.14. The van der Waals surface area contributed by atoms with Crippen LogP contribution in [-0.4, -0.2) is 12.3 Å². The number of carbonyl (C=O) groups is 2. The summed E-state index contributed by atoms with van der Waals surface area (Å²) in [5, 5.41) is 2.52. The molecule has 0 atom stereocenters. The highest BCUT2D eigenvalue weighted by atomic mass is 16.1. The van der Waals surface area contributed by atoms with E-state index in [-0.39, 0.29) is 5.91 Å². The van der Waals surface area contributed by atoms with Crippen LogP contribution >= 0.6 is 0 Å². The lowest BCUT2D eigenvalue weighted by Gasteiger charge is -2.05. The summed E-state index contributed by atoms with van der Waals surface area (Å²) in [6.07, 6.45) is 0.533. The van der Waals surface area contributed by atoms with Crippen LogP contribution in [0.3, 0.4) is 0 Å². The number of hydrogen-bond donors (Lipinski definition) is 3. The molecule has 0 unspecified atom stereocenters. The summed E-state index contributed by atoms with van der Waals surface area (Å²) in [5.74, 6) is -0.364. The van der Waals surface area contributed by atoms with Gasteiger partial charge in [0, 0.05) is 12.6 Å². The highest BCUT2D eigenvalue weighted by molar-refractivity contribution is 5.93. The zero-order valence-electron chi connectivity index (χ0n) is 7.41. The lowest BCUT2D eigenvalue weighted by Crippen LogP contribution is -2.18. The molecule has 0 spiro atoms. The van der Waals surface area contributed by atoms with Crippen LogP contribution in [0.1, 0.15) is 0 Å². The van der Waals surface area contributed by atoms with Crippen LogP contribution in [0.25, 0.3) is 0 Å². The van der Waals surface area contributed by atoms with Gasteiger partial charge in [-0.25, -0.2) is 0 Å². The zero-order chi connectivity index (χ0) is 10.4. The first-order valence-electron chi connectivity index (χ1n) is 3.90. The average Bonchev–Trinajstić information content (AvgIpc) is 2.16. The van der Waals surface area contributed by atoms with Gasteiger partial charge < -0.3 is 5.32 Å². The Balaban J connectivity index is 2.58. The predicted molar refractivity (Wildman–Crippen MR) is 53.3 cm³/mol. The number of hydrogen-bond acceptors (Lipinski definition) is 3. The Kier molecular flexibility index (Phi) is 3.49. The lowest BCUT2D eigenvalue weighted by atomic mass is 10.3. The second-order valence-corrected chi connectivity index (χ2v) is 2.51. The molecule has 0 aliphatic rings. The molecule has 5 nitrogen and oxygen atoms in total. The fraction of sp³-hybridized carbons (Fsp3) is 0. The van der Waals surface area contributed by atoms with Crippen molar-refractivity contribution in [3.05, 3.63) is 31.2 Å². The molecule has 1 aromatic carbocycles. The van der Waals surface area contributed by atoms with Gasteiger partial charge in [0.25, 0.3) is 0 Å². The van der Waals surface area contributed by atoms with Crippen molar-refractivity contribution >= 4 is 23.7 Å². The molecule has 73 valence electrons. The van der Waals surface area contributed by atoms with E-state index in [9.17, 15) is 9.59 Å². The Morgan fingerprint density at radius 1 is 1.21 bits per heavy atom. The van der Waals surface area contributed by atoms with Gasteiger partial charge >= 0.3 is 0 Å². The molecule has 0 aromatic heterocycles. The van der Waals surface area contributed by atoms with E-state index in [1.165, 1.54) is 0 Å². The van der Waals surface area contributed by atoms with Gasteiger partial charge in [0.2, 0.25) is 12.3 Å². The summed E-state index contributed by atoms with van der Waals surface area (Å²) in [4.78, 5) is 20.5. The van der Waals surface area contributed by atoms with Gasteiger partial charge in [-0.05, 0) is 24.3 Å². The summed E-state index contributed by atoms with van der Waals surface area (Å²) in [7, 11) is 0. The molecule has 0 aliphatic carbocycles. The van der Waals surface area contributed by atoms with E-state index in [0.29, 0.717) is 12.1 Å². The van der Waals surface area contributed by atoms with Crippen molar-refractivity contribution in [3.8, 4) is 0 Å². The quantitative estimate of drug-likeness (QED) is 0.481. The lowest BCUT2D eigenvalue weighted by molar-refractivity contribution is -0.112. The molecule has 0 aliphatic heterocycles. The monoisotopic (exact) mass is 192 g/mol. The number of nitrogens with one attached hydrogen (secondary N) is 3. The zero-order valence-corrected chi connectivity index (χ0v) is 7.41. The van der Waals surface area contributed by atoms with E-state index >= 15 is 0 Å². The molecule has 0 saturated heterocycles. The molecule has 1 aromatic rings. The second kappa shape index (κ2) is 4.86. The maximum absolute atomic E-state index is 10.6. The van der Waals surface area contributed by atoms with Crippen LogP contribution in [0.2, 0.25) is 0 Å². The largest absolute Gasteiger partial charge is 0.326 e. The maximum atomic E-state index is 10.6. The van der Waals surface area contributed by atoms with Crippen LogP contribution in [-0.2, 0) is 9.59 Å². The minimum Gasteiger partial charge on any atom is -0.326 e. The molecule has 14 heavy (non-hydrogen) atoms. The molecule has 0 saturated carbocycles. The summed E-state index contributed by atoms with van der Waals surface area (Å²) >= 11 is 0. The first kappa shape index (κ1) is 10.0. The second-order valence-electron chi connectivity index (χ2n) is 2.51. The minimum absolute atomic E-state index is 0.364. The number of benzene rings is 1. The molecule has 3 N–H and O–H groups in total. The summed E-state index contributed by atoms with van der Waals surface area (Å²) in [5.41, 5.74) is 6.30. The van der Waals surface area contributed by atoms with E-state index in [1.54, 1.807) is 24.3 Å². The van der Waals surface area contributed by atoms with Crippen molar-refractivity contribution in [2.45, 2.75) is 0 Å². The van der Waals surface area contributed by atoms with Crippen molar-refractivity contribution in [3.63, 3.8) is 0 Å². The fourth-order valence-electron chi connectivity index (χ4n) is 0.911. The Labute approximate surface area is 81.5 Å². The van der Waals surface area contributed by atoms with Crippen molar-refractivity contribution in [2.75, 3.05) is 10.7 Å².